The first-order valence-corrected chi connectivity index (χ1v) is 10.5. The third-order valence-electron chi connectivity index (χ3n) is 3.64. The molecule has 1 aromatic carbocycles. The van der Waals surface area contributed by atoms with Crippen LogP contribution in [0.5, 0.6) is 0 Å². The molecule has 0 aliphatic carbocycles. The van der Waals surface area contributed by atoms with E-state index in [1.807, 2.05) is 4.72 Å². The van der Waals surface area contributed by atoms with Crippen LogP contribution < -0.4 is 4.72 Å². The van der Waals surface area contributed by atoms with Gasteiger partial charge in [0.25, 0.3) is 5.78 Å². The van der Waals surface area contributed by atoms with Gasteiger partial charge in [0.15, 0.2) is 0 Å². The number of rotatable bonds is 7. The summed E-state index contributed by atoms with van der Waals surface area (Å²) in [5.41, 5.74) is -2.39. The quantitative estimate of drug-likeness (QED) is 0.487. The highest BCUT2D eigenvalue weighted by Gasteiger charge is 2.51. The second-order valence-electron chi connectivity index (χ2n) is 5.80. The molecule has 0 spiro atoms. The molecule has 27 heavy (non-hydrogen) atoms. The number of Topliss-reactive ketones (excluding diaryl/α,β-unsaturated/α-hetero) is 1. The molecule has 0 saturated heterocycles. The molecule has 0 fully saturated rings. The van der Waals surface area contributed by atoms with Crippen LogP contribution in [0.3, 0.4) is 0 Å². The van der Waals surface area contributed by atoms with Gasteiger partial charge in [0.1, 0.15) is 11.6 Å². The van der Waals surface area contributed by atoms with Gasteiger partial charge in [-0.3, -0.25) is 14.3 Å². The molecule has 1 aliphatic rings. The lowest BCUT2D eigenvalue weighted by Gasteiger charge is -2.24. The maximum atomic E-state index is 14.2. The number of sulfonamides is 1. The standard InChI is InChI=1S/C16H16BrF2NO6S/c1-9(21)25-13-14(22)16(2,11-5-4-10(18)8-12(11)19)26-15(13)20-27(23,24)7-3-6-17/h4-5,8,20H,3,6-7H2,1-2H3. The average Bonchev–Trinajstić information content (AvgIpc) is 2.77. The summed E-state index contributed by atoms with van der Waals surface area (Å²) in [5, 5.41) is 0.419. The lowest BCUT2D eigenvalue weighted by Crippen LogP contribution is -2.34. The number of carbonyl (C=O) groups is 2. The highest BCUT2D eigenvalue weighted by molar-refractivity contribution is 9.09. The van der Waals surface area contributed by atoms with Gasteiger partial charge in [-0.25, -0.2) is 17.2 Å². The van der Waals surface area contributed by atoms with Crippen molar-refractivity contribution in [1.29, 1.82) is 0 Å². The minimum atomic E-state index is -3.93. The van der Waals surface area contributed by atoms with Crippen molar-refractivity contribution < 1.29 is 36.3 Å². The number of carbonyl (C=O) groups excluding carboxylic acids is 2. The number of ether oxygens (including phenoxy) is 2. The van der Waals surface area contributed by atoms with Crippen molar-refractivity contribution in [3.8, 4) is 0 Å². The van der Waals surface area contributed by atoms with E-state index in [1.54, 1.807) is 0 Å². The van der Waals surface area contributed by atoms with Gasteiger partial charge in [0.05, 0.1) is 5.75 Å². The van der Waals surface area contributed by atoms with Gasteiger partial charge in [0.2, 0.25) is 27.3 Å². The Kier molecular flexibility index (Phi) is 6.25. The molecule has 148 valence electrons. The predicted molar refractivity (Wildman–Crippen MR) is 93.9 cm³/mol. The van der Waals surface area contributed by atoms with E-state index in [4.69, 9.17) is 9.47 Å². The Hall–Kier alpha value is -2.01. The Balaban J connectivity index is 2.45. The number of hydrogen-bond acceptors (Lipinski definition) is 6. The van der Waals surface area contributed by atoms with Crippen LogP contribution in [0.4, 0.5) is 8.78 Å². The molecule has 0 radical (unpaired) electrons. The van der Waals surface area contributed by atoms with Crippen molar-refractivity contribution in [1.82, 2.24) is 4.72 Å². The minimum absolute atomic E-state index is 0.267. The maximum absolute atomic E-state index is 14.2. The molecule has 1 N–H and O–H groups in total. The van der Waals surface area contributed by atoms with E-state index in [0.717, 1.165) is 26.0 Å². The van der Waals surface area contributed by atoms with Crippen LogP contribution in [0.15, 0.2) is 29.8 Å². The smallest absolute Gasteiger partial charge is 0.308 e. The summed E-state index contributed by atoms with van der Waals surface area (Å²) >= 11 is 3.10. The first-order chi connectivity index (χ1) is 12.5. The Labute approximate surface area is 162 Å². The van der Waals surface area contributed by atoms with Crippen LogP contribution >= 0.6 is 15.9 Å². The number of alkyl halides is 1. The van der Waals surface area contributed by atoms with E-state index in [0.29, 0.717) is 11.4 Å². The van der Waals surface area contributed by atoms with E-state index in [2.05, 4.69) is 15.9 Å². The minimum Gasteiger partial charge on any atom is -0.456 e. The number of nitrogens with one attached hydrogen (secondary N) is 1. The number of ketones is 1. The molecule has 1 atom stereocenters. The highest BCUT2D eigenvalue weighted by Crippen LogP contribution is 2.39. The lowest BCUT2D eigenvalue weighted by atomic mass is 9.91. The summed E-state index contributed by atoms with van der Waals surface area (Å²) in [7, 11) is -3.93. The molecule has 7 nitrogen and oxygen atoms in total. The SMILES string of the molecule is CC(=O)OC1=C(NS(=O)(=O)CCCBr)OC(C)(c2ccc(F)cc2F)C1=O. The van der Waals surface area contributed by atoms with Crippen molar-refractivity contribution in [2.24, 2.45) is 0 Å². The van der Waals surface area contributed by atoms with E-state index in [1.165, 1.54) is 0 Å². The monoisotopic (exact) mass is 467 g/mol. The van der Waals surface area contributed by atoms with Crippen molar-refractivity contribution in [3.63, 3.8) is 0 Å². The van der Waals surface area contributed by atoms with Crippen LogP contribution in [0, 0.1) is 11.6 Å². The lowest BCUT2D eigenvalue weighted by molar-refractivity contribution is -0.142. The zero-order chi connectivity index (χ0) is 20.4. The van der Waals surface area contributed by atoms with Gasteiger partial charge in [0, 0.05) is 23.9 Å². The average molecular weight is 468 g/mol. The summed E-state index contributed by atoms with van der Waals surface area (Å²) < 4.78 is 63.9. The van der Waals surface area contributed by atoms with Gasteiger partial charge >= 0.3 is 5.97 Å². The number of benzene rings is 1. The normalized spacial score (nSPS) is 19.8. The van der Waals surface area contributed by atoms with Crippen LogP contribution in [0.2, 0.25) is 0 Å². The molecule has 0 saturated carbocycles. The zero-order valence-corrected chi connectivity index (χ0v) is 16.7. The second kappa shape index (κ2) is 7.93. The molecule has 0 bridgehead atoms. The van der Waals surface area contributed by atoms with Crippen LogP contribution in [-0.4, -0.2) is 31.3 Å². The molecular weight excluding hydrogens is 452 g/mol. The fraction of sp³-hybridized carbons (Fsp3) is 0.375. The number of halogens is 3. The molecule has 2 rings (SSSR count). The Morgan fingerprint density at radius 1 is 1.37 bits per heavy atom. The predicted octanol–water partition coefficient (Wildman–Crippen LogP) is 2.22. The summed E-state index contributed by atoms with van der Waals surface area (Å²) in [6, 6.07) is 2.47. The number of esters is 1. The van der Waals surface area contributed by atoms with Crippen molar-refractivity contribution >= 4 is 37.7 Å². The maximum Gasteiger partial charge on any atom is 0.308 e. The van der Waals surface area contributed by atoms with Gasteiger partial charge < -0.3 is 9.47 Å². The zero-order valence-electron chi connectivity index (χ0n) is 14.3. The Morgan fingerprint density at radius 3 is 2.59 bits per heavy atom. The summed E-state index contributed by atoms with van der Waals surface area (Å²) in [6.07, 6.45) is 0.267. The molecule has 1 heterocycles. The largest absolute Gasteiger partial charge is 0.456 e. The van der Waals surface area contributed by atoms with E-state index < -0.39 is 50.7 Å². The van der Waals surface area contributed by atoms with Crippen molar-refractivity contribution in [2.45, 2.75) is 25.9 Å². The molecular formula is C16H16BrF2NO6S. The Morgan fingerprint density at radius 2 is 2.04 bits per heavy atom. The molecule has 1 unspecified atom stereocenters. The summed E-state index contributed by atoms with van der Waals surface area (Å²) in [5.74, 6) is -5.45. The first-order valence-electron chi connectivity index (χ1n) is 7.68. The fourth-order valence-electron chi connectivity index (χ4n) is 2.41. The van der Waals surface area contributed by atoms with E-state index >= 15 is 0 Å². The second-order valence-corrected chi connectivity index (χ2v) is 8.44. The van der Waals surface area contributed by atoms with Crippen molar-refractivity contribution in [2.75, 3.05) is 11.1 Å². The Bertz CT molecular complexity index is 917. The third-order valence-corrected chi connectivity index (χ3v) is 5.52. The molecule has 1 aliphatic heterocycles. The third kappa shape index (κ3) is 4.64. The van der Waals surface area contributed by atoms with Crippen LogP contribution in [0.25, 0.3) is 0 Å². The van der Waals surface area contributed by atoms with Crippen LogP contribution in [0.1, 0.15) is 25.8 Å². The van der Waals surface area contributed by atoms with Gasteiger partial charge in [-0.05, 0) is 25.5 Å². The molecule has 1 aromatic rings. The first kappa shape index (κ1) is 21.3. The molecule has 0 amide bonds. The van der Waals surface area contributed by atoms with Gasteiger partial charge in [-0.2, -0.15) is 0 Å². The molecule has 11 heteroatoms. The van der Waals surface area contributed by atoms with E-state index in [-0.39, 0.29) is 17.7 Å². The summed E-state index contributed by atoms with van der Waals surface area (Å²) in [4.78, 5) is 24.1. The molecule has 0 aromatic heterocycles. The van der Waals surface area contributed by atoms with Crippen LogP contribution in [-0.2, 0) is 34.7 Å². The topological polar surface area (TPSA) is 98.8 Å². The highest BCUT2D eigenvalue weighted by atomic mass is 79.9. The fourth-order valence-corrected chi connectivity index (χ4v) is 4.11. The number of hydrogen-bond donors (Lipinski definition) is 1. The van der Waals surface area contributed by atoms with Gasteiger partial charge in [-0.15, -0.1) is 0 Å². The van der Waals surface area contributed by atoms with E-state index in [9.17, 15) is 26.8 Å². The summed E-state index contributed by atoms with van der Waals surface area (Å²) in [6.45, 7) is 2.17. The van der Waals surface area contributed by atoms with Crippen molar-refractivity contribution in [3.05, 3.63) is 47.0 Å². The van der Waals surface area contributed by atoms with Gasteiger partial charge in [-0.1, -0.05) is 15.9 Å².